The lowest BCUT2D eigenvalue weighted by Crippen LogP contribution is -2.37. The van der Waals surface area contributed by atoms with Crippen LogP contribution in [0.1, 0.15) is 11.1 Å². The van der Waals surface area contributed by atoms with E-state index in [2.05, 4.69) is 15.6 Å². The van der Waals surface area contributed by atoms with Crippen LogP contribution < -0.4 is 10.6 Å². The molecule has 0 saturated heterocycles. The lowest BCUT2D eigenvalue weighted by atomic mass is 10.1. The molecule has 0 saturated carbocycles. The van der Waals surface area contributed by atoms with Gasteiger partial charge >= 0.3 is 0 Å². The van der Waals surface area contributed by atoms with Crippen molar-refractivity contribution in [3.05, 3.63) is 65.5 Å². The summed E-state index contributed by atoms with van der Waals surface area (Å²) in [5, 5.41) is 6.35. The predicted octanol–water partition coefficient (Wildman–Crippen LogP) is 2.14. The summed E-state index contributed by atoms with van der Waals surface area (Å²) in [5.41, 5.74) is 2.00. The van der Waals surface area contributed by atoms with Crippen molar-refractivity contribution in [3.8, 4) is 0 Å². The molecule has 0 amide bonds. The van der Waals surface area contributed by atoms with Gasteiger partial charge in [0.15, 0.2) is 15.8 Å². The summed E-state index contributed by atoms with van der Waals surface area (Å²) in [6.07, 6.45) is 1.93. The summed E-state index contributed by atoms with van der Waals surface area (Å²) < 4.78 is 35.8. The van der Waals surface area contributed by atoms with Crippen molar-refractivity contribution < 1.29 is 12.8 Å². The zero-order valence-electron chi connectivity index (χ0n) is 14.3. The van der Waals surface area contributed by atoms with Crippen LogP contribution in [0.2, 0.25) is 0 Å². The van der Waals surface area contributed by atoms with Gasteiger partial charge in [-0.15, -0.1) is 0 Å². The molecule has 134 valence electrons. The third kappa shape index (κ3) is 6.19. The molecule has 2 rings (SSSR count). The second-order valence-electron chi connectivity index (χ2n) is 5.65. The molecule has 0 spiro atoms. The molecule has 5 nitrogen and oxygen atoms in total. The van der Waals surface area contributed by atoms with Crippen molar-refractivity contribution in [1.29, 1.82) is 0 Å². The molecular formula is C18H22FN3O2S. The van der Waals surface area contributed by atoms with Crippen LogP contribution in [-0.4, -0.2) is 34.2 Å². The number of halogens is 1. The zero-order valence-corrected chi connectivity index (χ0v) is 15.1. The van der Waals surface area contributed by atoms with Crippen molar-refractivity contribution >= 4 is 15.8 Å². The number of nitrogens with one attached hydrogen (secondary N) is 2. The lowest BCUT2D eigenvalue weighted by Gasteiger charge is -2.12. The molecule has 0 aliphatic heterocycles. The molecule has 0 radical (unpaired) electrons. The highest BCUT2D eigenvalue weighted by atomic mass is 32.2. The van der Waals surface area contributed by atoms with Crippen LogP contribution in [0.3, 0.4) is 0 Å². The van der Waals surface area contributed by atoms with Crippen LogP contribution in [0, 0.1) is 5.82 Å². The first-order valence-electron chi connectivity index (χ1n) is 7.86. The smallest absolute Gasteiger partial charge is 0.191 e. The number of benzene rings is 2. The zero-order chi connectivity index (χ0) is 18.3. The van der Waals surface area contributed by atoms with Gasteiger partial charge in [-0.05, 0) is 41.8 Å². The molecule has 0 unspecified atom stereocenters. The average Bonchev–Trinajstić information content (AvgIpc) is 2.59. The van der Waals surface area contributed by atoms with Gasteiger partial charge in [-0.25, -0.2) is 12.8 Å². The van der Waals surface area contributed by atoms with E-state index >= 15 is 0 Å². The predicted molar refractivity (Wildman–Crippen MR) is 97.9 cm³/mol. The third-order valence-corrected chi connectivity index (χ3v) is 4.78. The summed E-state index contributed by atoms with van der Waals surface area (Å²) in [6.45, 7) is 1.20. The highest BCUT2D eigenvalue weighted by Crippen LogP contribution is 2.10. The summed E-state index contributed by atoms with van der Waals surface area (Å²) >= 11 is 0. The van der Waals surface area contributed by atoms with Crippen LogP contribution in [0.5, 0.6) is 0 Å². The summed E-state index contributed by atoms with van der Waals surface area (Å²) in [5.74, 6) is 0.394. The highest BCUT2D eigenvalue weighted by Gasteiger charge is 2.06. The Labute approximate surface area is 147 Å². The van der Waals surface area contributed by atoms with E-state index in [1.54, 1.807) is 31.3 Å². The molecule has 2 aromatic carbocycles. The largest absolute Gasteiger partial charge is 0.356 e. The molecule has 0 atom stereocenters. The fourth-order valence-corrected chi connectivity index (χ4v) is 2.87. The lowest BCUT2D eigenvalue weighted by molar-refractivity contribution is 0.602. The van der Waals surface area contributed by atoms with Crippen LogP contribution >= 0.6 is 0 Å². The van der Waals surface area contributed by atoms with E-state index in [0.717, 1.165) is 17.5 Å². The molecule has 0 aromatic heterocycles. The topological polar surface area (TPSA) is 70.6 Å². The van der Waals surface area contributed by atoms with Crippen LogP contribution in [-0.2, 0) is 22.8 Å². The third-order valence-electron chi connectivity index (χ3n) is 3.65. The Bertz CT molecular complexity index is 816. The van der Waals surface area contributed by atoms with Gasteiger partial charge in [0, 0.05) is 26.4 Å². The molecule has 0 fully saturated rings. The molecule has 0 bridgehead atoms. The number of rotatable bonds is 6. The van der Waals surface area contributed by atoms with Crippen molar-refractivity contribution in [2.75, 3.05) is 19.8 Å². The van der Waals surface area contributed by atoms with E-state index in [1.165, 1.54) is 18.4 Å². The van der Waals surface area contributed by atoms with Gasteiger partial charge in [0.25, 0.3) is 0 Å². The van der Waals surface area contributed by atoms with Crippen LogP contribution in [0.15, 0.2) is 58.4 Å². The van der Waals surface area contributed by atoms with Crippen molar-refractivity contribution in [2.24, 2.45) is 4.99 Å². The molecule has 2 aromatic rings. The van der Waals surface area contributed by atoms with Crippen molar-refractivity contribution in [1.82, 2.24) is 10.6 Å². The maximum Gasteiger partial charge on any atom is 0.191 e. The highest BCUT2D eigenvalue weighted by molar-refractivity contribution is 7.90. The second-order valence-corrected chi connectivity index (χ2v) is 7.66. The van der Waals surface area contributed by atoms with Crippen LogP contribution in [0.4, 0.5) is 4.39 Å². The maximum absolute atomic E-state index is 12.9. The van der Waals surface area contributed by atoms with Gasteiger partial charge in [-0.3, -0.25) is 4.99 Å². The quantitative estimate of drug-likeness (QED) is 0.609. The first-order valence-corrected chi connectivity index (χ1v) is 9.75. The van der Waals surface area contributed by atoms with Gasteiger partial charge < -0.3 is 10.6 Å². The summed E-state index contributed by atoms with van der Waals surface area (Å²) in [6, 6.07) is 13.1. The van der Waals surface area contributed by atoms with Gasteiger partial charge in [0.2, 0.25) is 0 Å². The summed E-state index contributed by atoms with van der Waals surface area (Å²) in [4.78, 5) is 4.46. The Morgan fingerprint density at radius 1 is 1.00 bits per heavy atom. The maximum atomic E-state index is 12.9. The van der Waals surface area contributed by atoms with Gasteiger partial charge in [-0.1, -0.05) is 24.3 Å². The van der Waals surface area contributed by atoms with E-state index in [4.69, 9.17) is 0 Å². The normalized spacial score (nSPS) is 12.0. The molecule has 0 aliphatic rings. The van der Waals surface area contributed by atoms with E-state index < -0.39 is 9.84 Å². The van der Waals surface area contributed by atoms with E-state index in [9.17, 15) is 12.8 Å². The monoisotopic (exact) mass is 363 g/mol. The number of aliphatic imine (C=N–C) groups is 1. The van der Waals surface area contributed by atoms with Gasteiger partial charge in [0.05, 0.1) is 4.90 Å². The minimum atomic E-state index is -3.16. The van der Waals surface area contributed by atoms with E-state index in [1.807, 2.05) is 12.1 Å². The number of nitrogens with zero attached hydrogens (tertiary/aromatic N) is 1. The number of hydrogen-bond donors (Lipinski definition) is 2. The fraction of sp³-hybridized carbons (Fsp3) is 0.278. The minimum Gasteiger partial charge on any atom is -0.356 e. The standard InChI is InChI=1S/C18H22FN3O2S/c1-20-18(22-13-15-3-7-16(19)8-4-15)21-12-11-14-5-9-17(10-6-14)25(2,23)24/h3-10H,11-13H2,1-2H3,(H2,20,21,22). The summed E-state index contributed by atoms with van der Waals surface area (Å²) in [7, 11) is -1.48. The average molecular weight is 363 g/mol. The number of sulfone groups is 1. The van der Waals surface area contributed by atoms with Crippen LogP contribution in [0.25, 0.3) is 0 Å². The van der Waals surface area contributed by atoms with Crippen molar-refractivity contribution in [2.45, 2.75) is 17.9 Å². The van der Waals surface area contributed by atoms with E-state index in [0.29, 0.717) is 23.9 Å². The van der Waals surface area contributed by atoms with Gasteiger partial charge in [0.1, 0.15) is 5.82 Å². The fourth-order valence-electron chi connectivity index (χ4n) is 2.24. The molecular weight excluding hydrogens is 341 g/mol. The number of guanidine groups is 1. The Morgan fingerprint density at radius 2 is 1.60 bits per heavy atom. The molecule has 0 heterocycles. The van der Waals surface area contributed by atoms with E-state index in [-0.39, 0.29) is 5.82 Å². The first-order chi connectivity index (χ1) is 11.9. The Balaban J connectivity index is 1.80. The molecule has 25 heavy (non-hydrogen) atoms. The first kappa shape index (κ1) is 18.9. The van der Waals surface area contributed by atoms with Gasteiger partial charge in [-0.2, -0.15) is 0 Å². The Morgan fingerprint density at radius 3 is 2.16 bits per heavy atom. The molecule has 7 heteroatoms. The minimum absolute atomic E-state index is 0.256. The number of hydrogen-bond acceptors (Lipinski definition) is 3. The second kappa shape index (κ2) is 8.62. The Hall–Kier alpha value is -2.41. The Kier molecular flexibility index (Phi) is 6.52. The molecule has 0 aliphatic carbocycles. The van der Waals surface area contributed by atoms with Crippen molar-refractivity contribution in [3.63, 3.8) is 0 Å². The molecule has 2 N–H and O–H groups in total. The SMILES string of the molecule is CN=C(NCCc1ccc(S(C)(=O)=O)cc1)NCc1ccc(F)cc1.